The van der Waals surface area contributed by atoms with Gasteiger partial charge in [-0.05, 0) is 48.7 Å². The Morgan fingerprint density at radius 2 is 2.04 bits per heavy atom. The van der Waals surface area contributed by atoms with E-state index in [0.717, 1.165) is 18.4 Å². The third kappa shape index (κ3) is 4.82. The molecule has 8 nitrogen and oxygen atoms in total. The van der Waals surface area contributed by atoms with Crippen molar-refractivity contribution in [3.63, 3.8) is 0 Å². The van der Waals surface area contributed by atoms with Crippen LogP contribution >= 0.6 is 11.6 Å². The molecule has 1 amide bonds. The number of benzene rings is 1. The number of hydrogen-bond acceptors (Lipinski definition) is 6. The number of amides is 1. The van der Waals surface area contributed by atoms with Gasteiger partial charge in [0.05, 0.1) is 19.3 Å². The van der Waals surface area contributed by atoms with Crippen molar-refractivity contribution in [3.05, 3.63) is 29.3 Å². The van der Waals surface area contributed by atoms with Gasteiger partial charge in [0, 0.05) is 23.7 Å². The second-order valence-corrected chi connectivity index (χ2v) is 6.92. The highest BCUT2D eigenvalue weighted by Crippen LogP contribution is 2.21. The lowest BCUT2D eigenvalue weighted by Gasteiger charge is -2.33. The number of aromatic nitrogens is 4. The first-order valence-corrected chi connectivity index (χ1v) is 9.57. The van der Waals surface area contributed by atoms with Gasteiger partial charge in [0.15, 0.2) is 6.04 Å². The van der Waals surface area contributed by atoms with Gasteiger partial charge in [-0.15, -0.1) is 10.2 Å². The molecule has 2 heterocycles. The lowest BCUT2D eigenvalue weighted by atomic mass is 10.1. The summed E-state index contributed by atoms with van der Waals surface area (Å²) in [5, 5.41) is 22.1. The molecule has 1 aliphatic heterocycles. The van der Waals surface area contributed by atoms with Gasteiger partial charge in [-0.1, -0.05) is 18.5 Å². The molecule has 1 unspecified atom stereocenters. The molecule has 1 saturated heterocycles. The number of halogens is 1. The summed E-state index contributed by atoms with van der Waals surface area (Å²) in [6.07, 6.45) is 2.21. The highest BCUT2D eigenvalue weighted by molar-refractivity contribution is 6.30. The first-order valence-electron chi connectivity index (χ1n) is 9.19. The standard InChI is InChI=1S/C18H24ClN5O3/c1-2-16(18(26)23-9-7-15(8-10-23)27-12-11-25)24-21-17(20-22-24)13-3-5-14(19)6-4-13/h3-6,15-16,25H,2,7-12H2,1H3. The molecule has 1 atom stereocenters. The van der Waals surface area contributed by atoms with Crippen molar-refractivity contribution in [1.82, 2.24) is 25.1 Å². The van der Waals surface area contributed by atoms with Crippen LogP contribution in [0.2, 0.25) is 5.02 Å². The van der Waals surface area contributed by atoms with E-state index in [9.17, 15) is 4.79 Å². The van der Waals surface area contributed by atoms with E-state index in [1.807, 2.05) is 24.0 Å². The summed E-state index contributed by atoms with van der Waals surface area (Å²) in [5.74, 6) is 0.465. The van der Waals surface area contributed by atoms with Gasteiger partial charge in [-0.3, -0.25) is 4.79 Å². The monoisotopic (exact) mass is 393 g/mol. The van der Waals surface area contributed by atoms with Crippen molar-refractivity contribution in [2.24, 2.45) is 0 Å². The van der Waals surface area contributed by atoms with Crippen LogP contribution in [0, 0.1) is 0 Å². The topological polar surface area (TPSA) is 93.4 Å². The molecule has 2 aromatic rings. The molecular weight excluding hydrogens is 370 g/mol. The lowest BCUT2D eigenvalue weighted by molar-refractivity contribution is -0.138. The summed E-state index contributed by atoms with van der Waals surface area (Å²) in [4.78, 5) is 16.2. The smallest absolute Gasteiger partial charge is 0.249 e. The highest BCUT2D eigenvalue weighted by Gasteiger charge is 2.30. The molecule has 1 aromatic carbocycles. The number of piperidine rings is 1. The number of aliphatic hydroxyl groups excluding tert-OH is 1. The number of hydrogen-bond donors (Lipinski definition) is 1. The molecule has 1 aliphatic rings. The molecule has 3 rings (SSSR count). The predicted molar refractivity (Wildman–Crippen MR) is 100 cm³/mol. The Morgan fingerprint density at radius 3 is 2.67 bits per heavy atom. The van der Waals surface area contributed by atoms with Crippen LogP contribution in [0.15, 0.2) is 24.3 Å². The van der Waals surface area contributed by atoms with Crippen LogP contribution in [-0.2, 0) is 9.53 Å². The summed E-state index contributed by atoms with van der Waals surface area (Å²) < 4.78 is 5.56. The summed E-state index contributed by atoms with van der Waals surface area (Å²) in [5.41, 5.74) is 0.801. The number of tetrazole rings is 1. The van der Waals surface area contributed by atoms with Gasteiger partial charge < -0.3 is 14.7 Å². The number of carbonyl (C=O) groups is 1. The van der Waals surface area contributed by atoms with E-state index in [0.29, 0.717) is 37.0 Å². The minimum absolute atomic E-state index is 0.00170. The van der Waals surface area contributed by atoms with E-state index in [1.165, 1.54) is 4.80 Å². The Labute approximate surface area is 163 Å². The number of nitrogens with zero attached hydrogens (tertiary/aromatic N) is 5. The van der Waals surface area contributed by atoms with Crippen molar-refractivity contribution in [1.29, 1.82) is 0 Å². The SMILES string of the molecule is CCC(C(=O)N1CCC(OCCO)CC1)n1nnc(-c2ccc(Cl)cc2)n1. The van der Waals surface area contributed by atoms with Gasteiger partial charge in [-0.25, -0.2) is 0 Å². The van der Waals surface area contributed by atoms with Crippen molar-refractivity contribution in [3.8, 4) is 11.4 Å². The van der Waals surface area contributed by atoms with Crippen LogP contribution in [0.5, 0.6) is 0 Å². The second kappa shape index (κ2) is 9.25. The van der Waals surface area contributed by atoms with Crippen LogP contribution in [0.25, 0.3) is 11.4 Å². The first kappa shape index (κ1) is 19.7. The summed E-state index contributed by atoms with van der Waals surface area (Å²) in [6, 6.07) is 6.70. The van der Waals surface area contributed by atoms with Gasteiger partial charge in [-0.2, -0.15) is 4.80 Å². The summed E-state index contributed by atoms with van der Waals surface area (Å²) in [7, 11) is 0. The van der Waals surface area contributed by atoms with Crippen molar-refractivity contribution < 1.29 is 14.6 Å². The molecule has 1 aromatic heterocycles. The third-order valence-corrected chi connectivity index (χ3v) is 4.93. The number of aliphatic hydroxyl groups is 1. The molecule has 0 bridgehead atoms. The third-order valence-electron chi connectivity index (χ3n) is 4.68. The first-order chi connectivity index (χ1) is 13.1. The molecule has 27 heavy (non-hydrogen) atoms. The van der Waals surface area contributed by atoms with Crippen LogP contribution in [0.1, 0.15) is 32.2 Å². The zero-order valence-corrected chi connectivity index (χ0v) is 16.0. The Balaban J connectivity index is 1.65. The van der Waals surface area contributed by atoms with Crippen LogP contribution in [0.3, 0.4) is 0 Å². The quantitative estimate of drug-likeness (QED) is 0.772. The summed E-state index contributed by atoms with van der Waals surface area (Å²) >= 11 is 5.91. The maximum absolute atomic E-state index is 12.9. The van der Waals surface area contributed by atoms with E-state index in [1.54, 1.807) is 12.1 Å². The number of carbonyl (C=O) groups excluding carboxylic acids is 1. The lowest BCUT2D eigenvalue weighted by Crippen LogP contribution is -2.44. The Kier molecular flexibility index (Phi) is 6.76. The Hall–Kier alpha value is -2.03. The van der Waals surface area contributed by atoms with Crippen LogP contribution in [0.4, 0.5) is 0 Å². The fourth-order valence-electron chi connectivity index (χ4n) is 3.18. The number of ether oxygens (including phenoxy) is 1. The molecular formula is C18H24ClN5O3. The minimum atomic E-state index is -0.478. The van der Waals surface area contributed by atoms with Crippen molar-refractivity contribution in [2.75, 3.05) is 26.3 Å². The number of rotatable bonds is 7. The zero-order valence-electron chi connectivity index (χ0n) is 15.3. The van der Waals surface area contributed by atoms with E-state index in [2.05, 4.69) is 15.4 Å². The molecule has 9 heteroatoms. The van der Waals surface area contributed by atoms with Crippen LogP contribution in [-0.4, -0.2) is 68.5 Å². The predicted octanol–water partition coefficient (Wildman–Crippen LogP) is 1.94. The largest absolute Gasteiger partial charge is 0.394 e. The number of likely N-dealkylation sites (tertiary alicyclic amines) is 1. The molecule has 1 N–H and O–H groups in total. The van der Waals surface area contributed by atoms with Crippen LogP contribution < -0.4 is 0 Å². The Morgan fingerprint density at radius 1 is 1.33 bits per heavy atom. The van der Waals surface area contributed by atoms with E-state index >= 15 is 0 Å². The van der Waals surface area contributed by atoms with Crippen molar-refractivity contribution in [2.45, 2.75) is 38.3 Å². The van der Waals surface area contributed by atoms with Gasteiger partial charge in [0.1, 0.15) is 0 Å². The fourth-order valence-corrected chi connectivity index (χ4v) is 3.31. The molecule has 0 aliphatic carbocycles. The van der Waals surface area contributed by atoms with E-state index in [-0.39, 0.29) is 18.6 Å². The maximum Gasteiger partial charge on any atom is 0.249 e. The molecule has 0 saturated carbocycles. The second-order valence-electron chi connectivity index (χ2n) is 6.48. The minimum Gasteiger partial charge on any atom is -0.394 e. The zero-order chi connectivity index (χ0) is 19.2. The molecule has 146 valence electrons. The summed E-state index contributed by atoms with van der Waals surface area (Å²) in [6.45, 7) is 3.55. The van der Waals surface area contributed by atoms with Gasteiger partial charge in [0.25, 0.3) is 0 Å². The van der Waals surface area contributed by atoms with E-state index in [4.69, 9.17) is 21.4 Å². The molecule has 1 fully saturated rings. The fraction of sp³-hybridized carbons (Fsp3) is 0.556. The average molecular weight is 394 g/mol. The van der Waals surface area contributed by atoms with Gasteiger partial charge >= 0.3 is 0 Å². The molecule has 0 radical (unpaired) electrons. The molecule has 0 spiro atoms. The van der Waals surface area contributed by atoms with Crippen molar-refractivity contribution >= 4 is 17.5 Å². The average Bonchev–Trinajstić information content (AvgIpc) is 3.17. The van der Waals surface area contributed by atoms with Gasteiger partial charge in [0.2, 0.25) is 11.7 Å². The van der Waals surface area contributed by atoms with E-state index < -0.39 is 6.04 Å². The maximum atomic E-state index is 12.9. The normalized spacial score (nSPS) is 16.5. The highest BCUT2D eigenvalue weighted by atomic mass is 35.5. The Bertz CT molecular complexity index is 744.